The minimum atomic E-state index is -0.546. The number of nitrogens with two attached hydrogens (primary N) is 1. The molecule has 5 heteroatoms. The van der Waals surface area contributed by atoms with Gasteiger partial charge in [-0.2, -0.15) is 0 Å². The summed E-state index contributed by atoms with van der Waals surface area (Å²) in [6, 6.07) is 3.58. The number of hydrogen-bond donors (Lipinski definition) is 1. The molecule has 0 saturated carbocycles. The van der Waals surface area contributed by atoms with E-state index in [2.05, 4.69) is 16.7 Å². The molecule has 3 nitrogen and oxygen atoms in total. The van der Waals surface area contributed by atoms with Crippen LogP contribution >= 0.6 is 0 Å². The van der Waals surface area contributed by atoms with Crippen LogP contribution in [-0.2, 0) is 0 Å². The van der Waals surface area contributed by atoms with Gasteiger partial charge in [-0.05, 0) is 19.0 Å². The van der Waals surface area contributed by atoms with Gasteiger partial charge in [-0.3, -0.25) is 4.90 Å². The Hall–Kier alpha value is -1.04. The van der Waals surface area contributed by atoms with E-state index in [9.17, 15) is 8.78 Å². The first kappa shape index (κ1) is 15.4. The lowest BCUT2D eigenvalue weighted by Gasteiger charge is -2.39. The summed E-state index contributed by atoms with van der Waals surface area (Å²) in [7, 11) is 0. The monoisotopic (exact) mass is 283 g/mol. The van der Waals surface area contributed by atoms with E-state index in [4.69, 9.17) is 5.73 Å². The van der Waals surface area contributed by atoms with Crippen LogP contribution in [-0.4, -0.2) is 49.1 Å². The third kappa shape index (κ3) is 3.53. The molecule has 1 saturated heterocycles. The summed E-state index contributed by atoms with van der Waals surface area (Å²) in [5.41, 5.74) is 6.32. The number of halogens is 2. The number of rotatable bonds is 5. The van der Waals surface area contributed by atoms with Gasteiger partial charge in [0.05, 0.1) is 6.04 Å². The highest BCUT2D eigenvalue weighted by atomic mass is 19.1. The first-order chi connectivity index (χ1) is 9.65. The van der Waals surface area contributed by atoms with Crippen LogP contribution in [0.5, 0.6) is 0 Å². The van der Waals surface area contributed by atoms with Crippen molar-refractivity contribution in [3.05, 3.63) is 35.4 Å². The first-order valence-corrected chi connectivity index (χ1v) is 7.27. The van der Waals surface area contributed by atoms with Crippen LogP contribution < -0.4 is 5.73 Å². The molecule has 1 aliphatic heterocycles. The Kier molecular flexibility index (Phi) is 5.46. The molecule has 1 aromatic rings. The Balaban J connectivity index is 2.05. The maximum absolute atomic E-state index is 13.9. The zero-order valence-electron chi connectivity index (χ0n) is 12.0. The molecule has 0 radical (unpaired) electrons. The summed E-state index contributed by atoms with van der Waals surface area (Å²) in [4.78, 5) is 4.60. The predicted octanol–water partition coefficient (Wildman–Crippen LogP) is 1.99. The Bertz CT molecular complexity index is 431. The highest BCUT2D eigenvalue weighted by Crippen LogP contribution is 2.24. The van der Waals surface area contributed by atoms with Crippen molar-refractivity contribution in [1.82, 2.24) is 9.80 Å². The topological polar surface area (TPSA) is 32.5 Å². The van der Waals surface area contributed by atoms with Crippen molar-refractivity contribution in [3.63, 3.8) is 0 Å². The second kappa shape index (κ2) is 7.11. The van der Waals surface area contributed by atoms with Crippen molar-refractivity contribution in [2.75, 3.05) is 39.3 Å². The van der Waals surface area contributed by atoms with Gasteiger partial charge < -0.3 is 10.6 Å². The van der Waals surface area contributed by atoms with Gasteiger partial charge in [-0.25, -0.2) is 8.78 Å². The Morgan fingerprint density at radius 3 is 2.45 bits per heavy atom. The molecule has 0 bridgehead atoms. The zero-order chi connectivity index (χ0) is 14.5. The van der Waals surface area contributed by atoms with Crippen LogP contribution in [0, 0.1) is 11.6 Å². The van der Waals surface area contributed by atoms with E-state index in [0.29, 0.717) is 12.1 Å². The number of nitrogens with zero attached hydrogens (tertiary/aromatic N) is 2. The molecule has 1 unspecified atom stereocenters. The fraction of sp³-hybridized carbons (Fsp3) is 0.600. The van der Waals surface area contributed by atoms with Crippen LogP contribution in [0.3, 0.4) is 0 Å². The Labute approximate surface area is 119 Å². The van der Waals surface area contributed by atoms with Crippen LogP contribution in [0.4, 0.5) is 8.78 Å². The zero-order valence-corrected chi connectivity index (χ0v) is 12.0. The van der Waals surface area contributed by atoms with E-state index in [-0.39, 0.29) is 6.04 Å². The summed E-state index contributed by atoms with van der Waals surface area (Å²) in [6.07, 6.45) is 1.15. The maximum atomic E-state index is 13.9. The van der Waals surface area contributed by atoms with Crippen molar-refractivity contribution in [2.24, 2.45) is 5.73 Å². The standard InChI is InChI=1S/C15H23F2N3/c1-2-5-19-6-8-20(9-7-19)15(11-18)13-4-3-12(16)10-14(13)17/h3-4,10,15H,2,5-9,11,18H2,1H3. The van der Waals surface area contributed by atoms with Gasteiger partial charge in [0, 0.05) is 44.4 Å². The normalized spacial score (nSPS) is 19.2. The second-order valence-corrected chi connectivity index (χ2v) is 5.29. The van der Waals surface area contributed by atoms with Crippen molar-refractivity contribution in [3.8, 4) is 0 Å². The van der Waals surface area contributed by atoms with Gasteiger partial charge in [0.1, 0.15) is 11.6 Å². The minimum absolute atomic E-state index is 0.167. The highest BCUT2D eigenvalue weighted by molar-refractivity contribution is 5.22. The average molecular weight is 283 g/mol. The number of hydrogen-bond acceptors (Lipinski definition) is 3. The molecule has 1 heterocycles. The molecule has 1 aliphatic rings. The summed E-state index contributed by atoms with van der Waals surface area (Å²) in [6.45, 7) is 7.32. The van der Waals surface area contributed by atoms with Crippen LogP contribution in [0.2, 0.25) is 0 Å². The van der Waals surface area contributed by atoms with Crippen molar-refractivity contribution in [2.45, 2.75) is 19.4 Å². The van der Waals surface area contributed by atoms with Crippen molar-refractivity contribution >= 4 is 0 Å². The molecule has 112 valence electrons. The Morgan fingerprint density at radius 1 is 1.20 bits per heavy atom. The molecule has 0 aliphatic carbocycles. The third-order valence-electron chi connectivity index (χ3n) is 3.93. The molecular weight excluding hydrogens is 260 g/mol. The highest BCUT2D eigenvalue weighted by Gasteiger charge is 2.25. The minimum Gasteiger partial charge on any atom is -0.329 e. The Morgan fingerprint density at radius 2 is 1.90 bits per heavy atom. The predicted molar refractivity (Wildman–Crippen MR) is 76.5 cm³/mol. The smallest absolute Gasteiger partial charge is 0.130 e. The van der Waals surface area contributed by atoms with E-state index in [1.54, 1.807) is 0 Å². The summed E-state index contributed by atoms with van der Waals surface area (Å²) < 4.78 is 26.9. The molecular formula is C15H23F2N3. The molecule has 1 atom stereocenters. The van der Waals surface area contributed by atoms with Gasteiger partial charge in [0.25, 0.3) is 0 Å². The van der Waals surface area contributed by atoms with Crippen molar-refractivity contribution in [1.29, 1.82) is 0 Å². The molecule has 0 aromatic heterocycles. The molecule has 20 heavy (non-hydrogen) atoms. The lowest BCUT2D eigenvalue weighted by molar-refractivity contribution is 0.0971. The van der Waals surface area contributed by atoms with E-state index in [1.807, 2.05) is 0 Å². The fourth-order valence-electron chi connectivity index (χ4n) is 2.86. The molecule has 2 rings (SSSR count). The van der Waals surface area contributed by atoms with Gasteiger partial charge >= 0.3 is 0 Å². The van der Waals surface area contributed by atoms with E-state index < -0.39 is 11.6 Å². The first-order valence-electron chi connectivity index (χ1n) is 7.27. The summed E-state index contributed by atoms with van der Waals surface area (Å²) in [5, 5.41) is 0. The van der Waals surface area contributed by atoms with Gasteiger partial charge in [0.2, 0.25) is 0 Å². The van der Waals surface area contributed by atoms with E-state index in [0.717, 1.165) is 45.2 Å². The quantitative estimate of drug-likeness (QED) is 0.897. The van der Waals surface area contributed by atoms with Crippen LogP contribution in [0.15, 0.2) is 18.2 Å². The summed E-state index contributed by atoms with van der Waals surface area (Å²) in [5.74, 6) is -1.05. The summed E-state index contributed by atoms with van der Waals surface area (Å²) >= 11 is 0. The van der Waals surface area contributed by atoms with Gasteiger partial charge in [-0.1, -0.05) is 13.0 Å². The lowest BCUT2D eigenvalue weighted by atomic mass is 10.0. The van der Waals surface area contributed by atoms with Gasteiger partial charge in [-0.15, -0.1) is 0 Å². The molecule has 2 N–H and O–H groups in total. The lowest BCUT2D eigenvalue weighted by Crippen LogP contribution is -2.49. The number of benzene rings is 1. The fourth-order valence-corrected chi connectivity index (χ4v) is 2.86. The molecule has 0 spiro atoms. The average Bonchev–Trinajstić information content (AvgIpc) is 2.44. The maximum Gasteiger partial charge on any atom is 0.130 e. The van der Waals surface area contributed by atoms with Gasteiger partial charge in [0.15, 0.2) is 0 Å². The largest absolute Gasteiger partial charge is 0.329 e. The molecule has 1 fully saturated rings. The van der Waals surface area contributed by atoms with Crippen LogP contribution in [0.1, 0.15) is 24.9 Å². The van der Waals surface area contributed by atoms with Crippen LogP contribution in [0.25, 0.3) is 0 Å². The second-order valence-electron chi connectivity index (χ2n) is 5.29. The molecule has 0 amide bonds. The van der Waals surface area contributed by atoms with Crippen molar-refractivity contribution < 1.29 is 8.78 Å². The van der Waals surface area contributed by atoms with E-state index in [1.165, 1.54) is 12.1 Å². The third-order valence-corrected chi connectivity index (χ3v) is 3.93. The SMILES string of the molecule is CCCN1CCN(C(CN)c2ccc(F)cc2F)CC1. The number of piperazine rings is 1. The molecule has 1 aromatic carbocycles. The van der Waals surface area contributed by atoms with E-state index >= 15 is 0 Å².